The molecule has 0 radical (unpaired) electrons. The van der Waals surface area contributed by atoms with E-state index in [9.17, 15) is 4.39 Å². The Labute approximate surface area is 209 Å². The molecule has 0 amide bonds. The van der Waals surface area contributed by atoms with Gasteiger partial charge in [0.05, 0.1) is 24.2 Å². The van der Waals surface area contributed by atoms with E-state index >= 15 is 0 Å². The lowest BCUT2D eigenvalue weighted by molar-refractivity contribution is 0.227. The summed E-state index contributed by atoms with van der Waals surface area (Å²) in [5.74, 6) is 0.969. The van der Waals surface area contributed by atoms with Crippen LogP contribution in [0, 0.1) is 5.82 Å². The molecule has 2 aliphatic rings. The predicted molar refractivity (Wildman–Crippen MR) is 136 cm³/mol. The Morgan fingerprint density at radius 2 is 2.06 bits per heavy atom. The Kier molecular flexibility index (Phi) is 5.39. The van der Waals surface area contributed by atoms with Crippen LogP contribution in [-0.4, -0.2) is 26.9 Å². The minimum absolute atomic E-state index is 0.0620. The van der Waals surface area contributed by atoms with Crippen molar-refractivity contribution in [2.45, 2.75) is 51.7 Å². The number of hydrogen-bond donors (Lipinski definition) is 1. The van der Waals surface area contributed by atoms with Crippen molar-refractivity contribution in [2.75, 3.05) is 12.8 Å². The van der Waals surface area contributed by atoms with Gasteiger partial charge in [-0.15, -0.1) is 0 Å². The molecule has 7 nitrogen and oxygen atoms in total. The van der Waals surface area contributed by atoms with E-state index in [2.05, 4.69) is 22.7 Å². The van der Waals surface area contributed by atoms with Gasteiger partial charge in [0.15, 0.2) is 11.6 Å². The molecule has 0 spiro atoms. The maximum atomic E-state index is 14.5. The summed E-state index contributed by atoms with van der Waals surface area (Å²) in [4.78, 5) is 9.36. The number of halogens is 1. The first-order chi connectivity index (χ1) is 17.5. The maximum Gasteiger partial charge on any atom is 0.213 e. The number of benzene rings is 1. The van der Waals surface area contributed by atoms with Gasteiger partial charge >= 0.3 is 0 Å². The van der Waals surface area contributed by atoms with E-state index in [4.69, 9.17) is 25.3 Å². The van der Waals surface area contributed by atoms with Gasteiger partial charge in [-0.2, -0.15) is 5.10 Å². The number of pyridine rings is 2. The van der Waals surface area contributed by atoms with Gasteiger partial charge in [0.1, 0.15) is 11.9 Å². The third-order valence-electron chi connectivity index (χ3n) is 7.27. The first kappa shape index (κ1) is 22.5. The van der Waals surface area contributed by atoms with Gasteiger partial charge < -0.3 is 15.2 Å². The summed E-state index contributed by atoms with van der Waals surface area (Å²) in [6, 6.07) is 10.7. The number of anilines is 1. The van der Waals surface area contributed by atoms with Crippen molar-refractivity contribution < 1.29 is 13.9 Å². The number of fused-ring (bicyclic) bond motifs is 7. The van der Waals surface area contributed by atoms with Crippen LogP contribution in [0.3, 0.4) is 0 Å². The minimum Gasteiger partial charge on any atom is -0.482 e. The van der Waals surface area contributed by atoms with E-state index in [1.807, 2.05) is 19.1 Å². The average Bonchev–Trinajstić information content (AvgIpc) is 3.28. The van der Waals surface area contributed by atoms with Gasteiger partial charge in [0, 0.05) is 47.0 Å². The van der Waals surface area contributed by atoms with Crippen LogP contribution in [0.25, 0.3) is 22.5 Å². The molecule has 4 heterocycles. The monoisotopic (exact) mass is 485 g/mol. The first-order valence-corrected chi connectivity index (χ1v) is 12.3. The van der Waals surface area contributed by atoms with E-state index < -0.39 is 6.10 Å². The highest BCUT2D eigenvalue weighted by Crippen LogP contribution is 2.47. The molecule has 0 fully saturated rings. The zero-order chi connectivity index (χ0) is 25.0. The van der Waals surface area contributed by atoms with Crippen LogP contribution in [0.4, 0.5) is 10.2 Å². The fourth-order valence-electron chi connectivity index (χ4n) is 5.62. The second-order valence-corrected chi connectivity index (χ2v) is 9.36. The highest BCUT2D eigenvalue weighted by molar-refractivity contribution is 5.74. The van der Waals surface area contributed by atoms with Crippen molar-refractivity contribution in [3.8, 4) is 34.1 Å². The lowest BCUT2D eigenvalue weighted by Gasteiger charge is -2.28. The lowest BCUT2D eigenvalue weighted by atomic mass is 9.78. The second kappa shape index (κ2) is 8.62. The highest BCUT2D eigenvalue weighted by Gasteiger charge is 2.33. The van der Waals surface area contributed by atoms with Crippen LogP contribution >= 0.6 is 0 Å². The molecule has 36 heavy (non-hydrogen) atoms. The van der Waals surface area contributed by atoms with E-state index in [1.54, 1.807) is 19.4 Å². The third kappa shape index (κ3) is 3.51. The maximum absolute atomic E-state index is 14.5. The Hall–Kier alpha value is -3.94. The molecule has 1 aliphatic heterocycles. The third-order valence-corrected chi connectivity index (χ3v) is 7.27. The Balaban J connectivity index is 1.73. The number of methoxy groups -OCH3 is 1. The number of aryl methyl sites for hydroxylation is 2. The van der Waals surface area contributed by atoms with E-state index in [-0.39, 0.29) is 17.6 Å². The molecule has 6 rings (SSSR count). The number of nitrogens with zero attached hydrogens (tertiary/aromatic N) is 4. The minimum atomic E-state index is -0.507. The van der Waals surface area contributed by atoms with Crippen LogP contribution in [0.5, 0.6) is 11.6 Å². The van der Waals surface area contributed by atoms with Crippen molar-refractivity contribution in [3.05, 3.63) is 70.8 Å². The Morgan fingerprint density at radius 1 is 1.19 bits per heavy atom. The van der Waals surface area contributed by atoms with Gasteiger partial charge in [0.25, 0.3) is 0 Å². The number of rotatable bonds is 2. The zero-order valence-electron chi connectivity index (χ0n) is 20.6. The topological polar surface area (TPSA) is 88.1 Å². The van der Waals surface area contributed by atoms with E-state index in [0.29, 0.717) is 17.2 Å². The molecular formula is C28H28FN5O2. The number of hydrogen-bond acceptors (Lipinski definition) is 6. The van der Waals surface area contributed by atoms with Gasteiger partial charge in [-0.25, -0.2) is 14.4 Å². The van der Waals surface area contributed by atoms with Crippen LogP contribution < -0.4 is 15.2 Å². The van der Waals surface area contributed by atoms with Gasteiger partial charge in [0.2, 0.25) is 5.88 Å². The van der Waals surface area contributed by atoms with Crippen LogP contribution in [0.1, 0.15) is 61.1 Å². The summed E-state index contributed by atoms with van der Waals surface area (Å²) >= 11 is 0. The van der Waals surface area contributed by atoms with Crippen LogP contribution in [0.2, 0.25) is 0 Å². The van der Waals surface area contributed by atoms with Gasteiger partial charge in [-0.05, 0) is 62.9 Å². The zero-order valence-corrected chi connectivity index (χ0v) is 20.6. The molecule has 8 heteroatoms. The Bertz CT molecular complexity index is 1480. The number of ether oxygens (including phenoxy) is 2. The second-order valence-electron chi connectivity index (χ2n) is 9.36. The fraction of sp³-hybridized carbons (Fsp3) is 0.321. The quantitative estimate of drug-likeness (QED) is 0.393. The Morgan fingerprint density at radius 3 is 2.86 bits per heavy atom. The van der Waals surface area contributed by atoms with Crippen LogP contribution in [0.15, 0.2) is 42.6 Å². The fourth-order valence-corrected chi connectivity index (χ4v) is 5.62. The summed E-state index contributed by atoms with van der Waals surface area (Å²) in [6.07, 6.45) is 4.16. The standard InChI is InChI=1S/C28H28FN5O2/c1-4-34-27-16-12-23(28(30)31-14-16)36-15(2)21-13-17(29)8-9-20(21)26-19(10-11-24(32-26)35-3)18-6-5-7-22(33-34)25(18)27/h8-15,18H,4-7H2,1-3H3,(H2,30,31)/t15-,18?/m1/s1. The molecule has 2 bridgehead atoms. The highest BCUT2D eigenvalue weighted by atomic mass is 19.1. The van der Waals surface area contributed by atoms with Crippen molar-refractivity contribution in [2.24, 2.45) is 0 Å². The molecule has 1 aromatic carbocycles. The summed E-state index contributed by atoms with van der Waals surface area (Å²) in [5, 5.41) is 5.00. The molecular weight excluding hydrogens is 457 g/mol. The van der Waals surface area contributed by atoms with Gasteiger partial charge in [-0.1, -0.05) is 6.07 Å². The molecule has 0 saturated heterocycles. The molecule has 1 unspecified atom stereocenters. The van der Waals surface area contributed by atoms with E-state index in [1.165, 1.54) is 17.7 Å². The number of nitrogen functional groups attached to an aromatic ring is 1. The van der Waals surface area contributed by atoms with Crippen molar-refractivity contribution in [1.29, 1.82) is 0 Å². The van der Waals surface area contributed by atoms with Crippen molar-refractivity contribution in [3.63, 3.8) is 0 Å². The molecule has 0 saturated carbocycles. The average molecular weight is 486 g/mol. The van der Waals surface area contributed by atoms with Gasteiger partial charge in [-0.3, -0.25) is 4.68 Å². The summed E-state index contributed by atoms with van der Waals surface area (Å²) in [5.41, 5.74) is 13.8. The number of aromatic nitrogens is 4. The summed E-state index contributed by atoms with van der Waals surface area (Å²) in [7, 11) is 1.60. The van der Waals surface area contributed by atoms with E-state index in [0.717, 1.165) is 59.6 Å². The summed E-state index contributed by atoms with van der Waals surface area (Å²) < 4.78 is 28.4. The predicted octanol–water partition coefficient (Wildman–Crippen LogP) is 5.68. The van der Waals surface area contributed by atoms with Crippen molar-refractivity contribution >= 4 is 5.82 Å². The van der Waals surface area contributed by atoms with Crippen LogP contribution in [-0.2, 0) is 13.0 Å². The SMILES string of the molecule is CCn1nc2c3c1-c1cnc(N)c(c1)O[C@H](C)c1cc(F)ccc1-c1nc(OC)ccc1C3CCC2. The molecule has 3 aromatic heterocycles. The molecule has 184 valence electrons. The molecule has 1 aliphatic carbocycles. The lowest BCUT2D eigenvalue weighted by Crippen LogP contribution is -2.15. The smallest absolute Gasteiger partial charge is 0.213 e. The summed E-state index contributed by atoms with van der Waals surface area (Å²) in [6.45, 7) is 4.70. The largest absolute Gasteiger partial charge is 0.482 e. The number of nitrogens with two attached hydrogens (primary N) is 1. The molecule has 4 aromatic rings. The molecule has 2 N–H and O–H groups in total. The molecule has 2 atom stereocenters. The van der Waals surface area contributed by atoms with Crippen molar-refractivity contribution in [1.82, 2.24) is 19.7 Å². The normalized spacial score (nSPS) is 18.1. The first-order valence-electron chi connectivity index (χ1n) is 12.3.